The van der Waals surface area contributed by atoms with E-state index in [4.69, 9.17) is 11.6 Å². The average Bonchev–Trinajstić information content (AvgIpc) is 2.90. The van der Waals surface area contributed by atoms with Crippen LogP contribution >= 0.6 is 11.6 Å². The van der Waals surface area contributed by atoms with Crippen LogP contribution in [0.2, 0.25) is 5.02 Å². The van der Waals surface area contributed by atoms with Gasteiger partial charge in [-0.25, -0.2) is 0 Å². The SMILES string of the molecule is Clc1cnccc1CNC1CC2CCC1C2. The van der Waals surface area contributed by atoms with Gasteiger partial charge in [-0.3, -0.25) is 4.98 Å². The fourth-order valence-corrected chi connectivity index (χ4v) is 3.47. The molecule has 0 spiro atoms. The molecule has 1 aromatic rings. The highest BCUT2D eigenvalue weighted by Crippen LogP contribution is 2.44. The van der Waals surface area contributed by atoms with Gasteiger partial charge in [0.15, 0.2) is 0 Å². The number of pyridine rings is 1. The second-order valence-corrected chi connectivity index (χ2v) is 5.54. The van der Waals surface area contributed by atoms with Crippen LogP contribution < -0.4 is 5.32 Å². The van der Waals surface area contributed by atoms with Crippen molar-refractivity contribution in [2.75, 3.05) is 0 Å². The molecule has 0 aromatic carbocycles. The number of fused-ring (bicyclic) bond motifs is 2. The van der Waals surface area contributed by atoms with Crippen LogP contribution in [0.3, 0.4) is 0 Å². The van der Waals surface area contributed by atoms with Crippen molar-refractivity contribution in [2.45, 2.75) is 38.3 Å². The number of aromatic nitrogens is 1. The predicted octanol–water partition coefficient (Wildman–Crippen LogP) is 3.01. The molecule has 3 unspecified atom stereocenters. The molecular formula is C13H17ClN2. The molecule has 2 bridgehead atoms. The summed E-state index contributed by atoms with van der Waals surface area (Å²) in [7, 11) is 0. The van der Waals surface area contributed by atoms with Gasteiger partial charge in [0, 0.05) is 25.0 Å². The lowest BCUT2D eigenvalue weighted by Crippen LogP contribution is -2.33. The first-order chi connectivity index (χ1) is 7.83. The summed E-state index contributed by atoms with van der Waals surface area (Å²) in [5, 5.41) is 4.43. The lowest BCUT2D eigenvalue weighted by Gasteiger charge is -2.23. The monoisotopic (exact) mass is 236 g/mol. The van der Waals surface area contributed by atoms with Gasteiger partial charge in [-0.1, -0.05) is 18.0 Å². The maximum Gasteiger partial charge on any atom is 0.0634 e. The Morgan fingerprint density at radius 2 is 2.31 bits per heavy atom. The third-order valence-electron chi connectivity index (χ3n) is 4.15. The third kappa shape index (κ3) is 1.96. The largest absolute Gasteiger partial charge is 0.310 e. The highest BCUT2D eigenvalue weighted by atomic mass is 35.5. The average molecular weight is 237 g/mol. The molecule has 3 atom stereocenters. The number of nitrogens with zero attached hydrogens (tertiary/aromatic N) is 1. The Balaban J connectivity index is 1.59. The van der Waals surface area contributed by atoms with Crippen molar-refractivity contribution in [1.82, 2.24) is 10.3 Å². The molecule has 2 aliphatic carbocycles. The van der Waals surface area contributed by atoms with Crippen LogP contribution in [-0.4, -0.2) is 11.0 Å². The lowest BCUT2D eigenvalue weighted by atomic mass is 9.95. The van der Waals surface area contributed by atoms with Crippen LogP contribution in [0.15, 0.2) is 18.5 Å². The zero-order valence-corrected chi connectivity index (χ0v) is 10.1. The van der Waals surface area contributed by atoms with Crippen molar-refractivity contribution in [3.05, 3.63) is 29.0 Å². The van der Waals surface area contributed by atoms with Crippen LogP contribution in [0, 0.1) is 11.8 Å². The van der Waals surface area contributed by atoms with E-state index >= 15 is 0 Å². The molecular weight excluding hydrogens is 220 g/mol. The Kier molecular flexibility index (Phi) is 2.86. The van der Waals surface area contributed by atoms with Gasteiger partial charge in [0.25, 0.3) is 0 Å². The molecule has 0 radical (unpaired) electrons. The van der Waals surface area contributed by atoms with E-state index in [1.54, 1.807) is 6.20 Å². The van der Waals surface area contributed by atoms with E-state index in [0.29, 0.717) is 0 Å². The van der Waals surface area contributed by atoms with Gasteiger partial charge in [-0.15, -0.1) is 0 Å². The van der Waals surface area contributed by atoms with E-state index in [9.17, 15) is 0 Å². The van der Waals surface area contributed by atoms with Gasteiger partial charge in [-0.05, 0) is 42.7 Å². The fraction of sp³-hybridized carbons (Fsp3) is 0.615. The normalized spacial score (nSPS) is 32.2. The van der Waals surface area contributed by atoms with Crippen molar-refractivity contribution in [1.29, 1.82) is 0 Å². The topological polar surface area (TPSA) is 24.9 Å². The van der Waals surface area contributed by atoms with Crippen LogP contribution in [0.1, 0.15) is 31.2 Å². The Morgan fingerprint density at radius 1 is 1.38 bits per heavy atom. The highest BCUT2D eigenvalue weighted by Gasteiger charge is 2.38. The molecule has 1 N–H and O–H groups in total. The number of halogens is 1. The number of hydrogen-bond acceptors (Lipinski definition) is 2. The van der Waals surface area contributed by atoms with E-state index in [1.165, 1.54) is 31.2 Å². The third-order valence-corrected chi connectivity index (χ3v) is 4.49. The quantitative estimate of drug-likeness (QED) is 0.873. The first-order valence-corrected chi connectivity index (χ1v) is 6.52. The summed E-state index contributed by atoms with van der Waals surface area (Å²) in [6, 6.07) is 2.73. The zero-order valence-electron chi connectivity index (χ0n) is 9.32. The molecule has 0 amide bonds. The summed E-state index contributed by atoms with van der Waals surface area (Å²) < 4.78 is 0. The maximum absolute atomic E-state index is 6.09. The van der Waals surface area contributed by atoms with E-state index < -0.39 is 0 Å². The molecule has 3 heteroatoms. The Morgan fingerprint density at radius 3 is 3.00 bits per heavy atom. The van der Waals surface area contributed by atoms with Crippen LogP contribution in [0.5, 0.6) is 0 Å². The van der Waals surface area contributed by atoms with Crippen molar-refractivity contribution >= 4 is 11.6 Å². The predicted molar refractivity (Wildman–Crippen MR) is 65.3 cm³/mol. The van der Waals surface area contributed by atoms with Crippen LogP contribution in [0.25, 0.3) is 0 Å². The molecule has 16 heavy (non-hydrogen) atoms. The van der Waals surface area contributed by atoms with Gasteiger partial charge >= 0.3 is 0 Å². The zero-order chi connectivity index (χ0) is 11.0. The molecule has 2 nitrogen and oxygen atoms in total. The maximum atomic E-state index is 6.09. The Hall–Kier alpha value is -0.600. The summed E-state index contributed by atoms with van der Waals surface area (Å²) in [5.74, 6) is 1.92. The Labute approximate surface area is 101 Å². The number of rotatable bonds is 3. The fourth-order valence-electron chi connectivity index (χ4n) is 3.28. The van der Waals surface area contributed by atoms with Gasteiger partial charge < -0.3 is 5.32 Å². The minimum absolute atomic E-state index is 0.725. The molecule has 2 fully saturated rings. The van der Waals surface area contributed by atoms with Crippen molar-refractivity contribution < 1.29 is 0 Å². The molecule has 2 saturated carbocycles. The molecule has 1 heterocycles. The molecule has 0 aliphatic heterocycles. The minimum Gasteiger partial charge on any atom is -0.310 e. The van der Waals surface area contributed by atoms with Crippen LogP contribution in [0.4, 0.5) is 0 Å². The van der Waals surface area contributed by atoms with E-state index in [0.717, 1.165) is 29.4 Å². The first-order valence-electron chi connectivity index (χ1n) is 6.14. The number of hydrogen-bond donors (Lipinski definition) is 1. The summed E-state index contributed by atoms with van der Waals surface area (Å²) in [4.78, 5) is 4.00. The second-order valence-electron chi connectivity index (χ2n) is 5.13. The second kappa shape index (κ2) is 4.34. The number of nitrogens with one attached hydrogen (secondary N) is 1. The summed E-state index contributed by atoms with van der Waals surface area (Å²) >= 11 is 6.09. The minimum atomic E-state index is 0.725. The molecule has 3 rings (SSSR count). The summed E-state index contributed by atoms with van der Waals surface area (Å²) in [6.07, 6.45) is 9.23. The van der Waals surface area contributed by atoms with Gasteiger partial charge in [0.05, 0.1) is 5.02 Å². The molecule has 86 valence electrons. The molecule has 1 aromatic heterocycles. The summed E-state index contributed by atoms with van der Waals surface area (Å²) in [6.45, 7) is 0.884. The van der Waals surface area contributed by atoms with E-state index in [2.05, 4.69) is 10.3 Å². The van der Waals surface area contributed by atoms with Crippen LogP contribution in [-0.2, 0) is 6.54 Å². The summed E-state index contributed by atoms with van der Waals surface area (Å²) in [5.41, 5.74) is 1.17. The first kappa shape index (κ1) is 10.5. The lowest BCUT2D eigenvalue weighted by molar-refractivity contribution is 0.350. The molecule has 2 aliphatic rings. The van der Waals surface area contributed by atoms with Crippen molar-refractivity contribution in [3.8, 4) is 0 Å². The van der Waals surface area contributed by atoms with Gasteiger partial charge in [-0.2, -0.15) is 0 Å². The van der Waals surface area contributed by atoms with Crippen molar-refractivity contribution in [2.24, 2.45) is 11.8 Å². The van der Waals surface area contributed by atoms with Gasteiger partial charge in [0.1, 0.15) is 0 Å². The standard InChI is InChI=1S/C13H17ClN2/c14-12-8-15-4-3-11(12)7-16-13-6-9-1-2-10(13)5-9/h3-4,8-10,13,16H,1-2,5-7H2. The Bertz CT molecular complexity index is 380. The molecule has 0 saturated heterocycles. The van der Waals surface area contributed by atoms with E-state index in [-0.39, 0.29) is 0 Å². The van der Waals surface area contributed by atoms with E-state index in [1.807, 2.05) is 12.3 Å². The van der Waals surface area contributed by atoms with Crippen molar-refractivity contribution in [3.63, 3.8) is 0 Å². The highest BCUT2D eigenvalue weighted by molar-refractivity contribution is 6.31. The smallest absolute Gasteiger partial charge is 0.0634 e. The van der Waals surface area contributed by atoms with Gasteiger partial charge in [0.2, 0.25) is 0 Å².